The Balaban J connectivity index is 2.34. The molecule has 2 aromatic carbocycles. The summed E-state index contributed by atoms with van der Waals surface area (Å²) in [7, 11) is 0. The lowest BCUT2D eigenvalue weighted by Crippen LogP contribution is -2.19. The SMILES string of the molecule is CCNC(C)c1c(F)cccc1Oc1cccc(C)c1. The molecular weight excluding hydrogens is 253 g/mol. The molecule has 2 nitrogen and oxygen atoms in total. The molecule has 0 spiro atoms. The average Bonchev–Trinajstić information content (AvgIpc) is 2.39. The van der Waals surface area contributed by atoms with Crippen molar-refractivity contribution >= 4 is 0 Å². The van der Waals surface area contributed by atoms with Crippen LogP contribution in [0.15, 0.2) is 42.5 Å². The Morgan fingerprint density at radius 1 is 1.20 bits per heavy atom. The van der Waals surface area contributed by atoms with Gasteiger partial charge in [0, 0.05) is 11.6 Å². The molecule has 0 saturated carbocycles. The van der Waals surface area contributed by atoms with Gasteiger partial charge in [-0.1, -0.05) is 25.1 Å². The minimum Gasteiger partial charge on any atom is -0.457 e. The first kappa shape index (κ1) is 14.5. The lowest BCUT2D eigenvalue weighted by Gasteiger charge is -2.18. The molecule has 0 aliphatic carbocycles. The van der Waals surface area contributed by atoms with Crippen LogP contribution in [0.1, 0.15) is 31.0 Å². The minimum atomic E-state index is -0.247. The highest BCUT2D eigenvalue weighted by molar-refractivity contribution is 5.41. The van der Waals surface area contributed by atoms with Gasteiger partial charge in [-0.2, -0.15) is 0 Å². The van der Waals surface area contributed by atoms with E-state index >= 15 is 0 Å². The van der Waals surface area contributed by atoms with Crippen molar-refractivity contribution in [1.82, 2.24) is 5.32 Å². The van der Waals surface area contributed by atoms with E-state index in [0.29, 0.717) is 11.3 Å². The van der Waals surface area contributed by atoms with Gasteiger partial charge in [-0.25, -0.2) is 4.39 Å². The predicted molar refractivity (Wildman–Crippen MR) is 79.7 cm³/mol. The Bertz CT molecular complexity index is 583. The number of ether oxygens (including phenoxy) is 1. The molecule has 0 bridgehead atoms. The average molecular weight is 273 g/mol. The summed E-state index contributed by atoms with van der Waals surface area (Å²) in [5, 5.41) is 3.22. The minimum absolute atomic E-state index is 0.0963. The number of nitrogens with one attached hydrogen (secondary N) is 1. The van der Waals surface area contributed by atoms with Gasteiger partial charge in [-0.15, -0.1) is 0 Å². The van der Waals surface area contributed by atoms with E-state index in [1.165, 1.54) is 6.07 Å². The molecule has 1 N–H and O–H groups in total. The zero-order chi connectivity index (χ0) is 14.5. The van der Waals surface area contributed by atoms with Gasteiger partial charge in [0.15, 0.2) is 0 Å². The molecule has 1 unspecified atom stereocenters. The van der Waals surface area contributed by atoms with E-state index in [9.17, 15) is 4.39 Å². The van der Waals surface area contributed by atoms with E-state index < -0.39 is 0 Å². The summed E-state index contributed by atoms with van der Waals surface area (Å²) in [6.45, 7) is 6.71. The molecule has 0 fully saturated rings. The fourth-order valence-corrected chi connectivity index (χ4v) is 2.24. The van der Waals surface area contributed by atoms with Gasteiger partial charge in [-0.3, -0.25) is 0 Å². The number of benzene rings is 2. The second kappa shape index (κ2) is 6.53. The van der Waals surface area contributed by atoms with Crippen LogP contribution in [-0.2, 0) is 0 Å². The van der Waals surface area contributed by atoms with Gasteiger partial charge >= 0.3 is 0 Å². The third-order valence-corrected chi connectivity index (χ3v) is 3.17. The van der Waals surface area contributed by atoms with Crippen LogP contribution in [0.5, 0.6) is 11.5 Å². The van der Waals surface area contributed by atoms with Crippen LogP contribution in [0.3, 0.4) is 0 Å². The van der Waals surface area contributed by atoms with E-state index in [-0.39, 0.29) is 11.9 Å². The first-order chi connectivity index (χ1) is 9.61. The van der Waals surface area contributed by atoms with Crippen molar-refractivity contribution in [3.8, 4) is 11.5 Å². The van der Waals surface area contributed by atoms with Crippen molar-refractivity contribution in [3.63, 3.8) is 0 Å². The van der Waals surface area contributed by atoms with Gasteiger partial charge in [0.25, 0.3) is 0 Å². The number of aryl methyl sites for hydroxylation is 1. The molecule has 0 aliphatic heterocycles. The Hall–Kier alpha value is -1.87. The second-order valence-corrected chi connectivity index (χ2v) is 4.85. The third-order valence-electron chi connectivity index (χ3n) is 3.17. The Labute approximate surface area is 119 Å². The normalized spacial score (nSPS) is 12.2. The smallest absolute Gasteiger partial charge is 0.135 e. The summed E-state index contributed by atoms with van der Waals surface area (Å²) in [5.74, 6) is 1.04. The third kappa shape index (κ3) is 3.36. The number of hydrogen-bond donors (Lipinski definition) is 1. The largest absolute Gasteiger partial charge is 0.457 e. The standard InChI is InChI=1S/C17H20FNO/c1-4-19-13(3)17-15(18)9-6-10-16(17)20-14-8-5-7-12(2)11-14/h5-11,13,19H,4H2,1-3H3. The van der Waals surface area contributed by atoms with Gasteiger partial charge < -0.3 is 10.1 Å². The van der Waals surface area contributed by atoms with Crippen molar-refractivity contribution in [3.05, 3.63) is 59.4 Å². The molecule has 0 heterocycles. The lowest BCUT2D eigenvalue weighted by atomic mass is 10.1. The van der Waals surface area contributed by atoms with Gasteiger partial charge in [0.05, 0.1) is 0 Å². The summed E-state index contributed by atoms with van der Waals surface area (Å²) in [4.78, 5) is 0. The summed E-state index contributed by atoms with van der Waals surface area (Å²) in [5.41, 5.74) is 1.68. The topological polar surface area (TPSA) is 21.3 Å². The molecule has 1 atom stereocenters. The van der Waals surface area contributed by atoms with Crippen LogP contribution in [-0.4, -0.2) is 6.54 Å². The summed E-state index contributed by atoms with van der Waals surface area (Å²) >= 11 is 0. The van der Waals surface area contributed by atoms with Crippen LogP contribution in [0.25, 0.3) is 0 Å². The fraction of sp³-hybridized carbons (Fsp3) is 0.294. The van der Waals surface area contributed by atoms with Crippen LogP contribution in [0.4, 0.5) is 4.39 Å². The predicted octanol–water partition coefficient (Wildman–Crippen LogP) is 4.60. The van der Waals surface area contributed by atoms with Gasteiger partial charge in [0.2, 0.25) is 0 Å². The highest BCUT2D eigenvalue weighted by atomic mass is 19.1. The Morgan fingerprint density at radius 2 is 1.95 bits per heavy atom. The van der Waals surface area contributed by atoms with Crippen molar-refractivity contribution < 1.29 is 9.13 Å². The van der Waals surface area contributed by atoms with E-state index in [1.807, 2.05) is 45.0 Å². The van der Waals surface area contributed by atoms with Crippen LogP contribution in [0, 0.1) is 12.7 Å². The molecular formula is C17H20FNO. The second-order valence-electron chi connectivity index (χ2n) is 4.85. The Morgan fingerprint density at radius 3 is 2.65 bits per heavy atom. The monoisotopic (exact) mass is 273 g/mol. The number of rotatable bonds is 5. The maximum Gasteiger partial charge on any atom is 0.135 e. The van der Waals surface area contributed by atoms with Crippen molar-refractivity contribution in [2.45, 2.75) is 26.8 Å². The van der Waals surface area contributed by atoms with Gasteiger partial charge in [-0.05, 0) is 50.2 Å². The fourth-order valence-electron chi connectivity index (χ4n) is 2.24. The van der Waals surface area contributed by atoms with Crippen molar-refractivity contribution in [2.75, 3.05) is 6.54 Å². The van der Waals surface area contributed by atoms with Crippen molar-refractivity contribution in [1.29, 1.82) is 0 Å². The highest BCUT2D eigenvalue weighted by Crippen LogP contribution is 2.31. The summed E-state index contributed by atoms with van der Waals surface area (Å²) < 4.78 is 19.9. The Kier molecular flexibility index (Phi) is 4.74. The zero-order valence-electron chi connectivity index (χ0n) is 12.1. The van der Waals surface area contributed by atoms with E-state index in [0.717, 1.165) is 17.9 Å². The molecule has 0 aliphatic rings. The lowest BCUT2D eigenvalue weighted by molar-refractivity contribution is 0.448. The first-order valence-corrected chi connectivity index (χ1v) is 6.88. The number of halogens is 1. The highest BCUT2D eigenvalue weighted by Gasteiger charge is 2.16. The van der Waals surface area contributed by atoms with E-state index in [4.69, 9.17) is 4.74 Å². The van der Waals surface area contributed by atoms with Crippen LogP contribution < -0.4 is 10.1 Å². The molecule has 0 radical (unpaired) electrons. The molecule has 106 valence electrons. The van der Waals surface area contributed by atoms with Gasteiger partial charge in [0.1, 0.15) is 17.3 Å². The zero-order valence-corrected chi connectivity index (χ0v) is 12.1. The molecule has 2 aromatic rings. The quantitative estimate of drug-likeness (QED) is 0.859. The van der Waals surface area contributed by atoms with Crippen molar-refractivity contribution in [2.24, 2.45) is 0 Å². The maximum absolute atomic E-state index is 14.1. The summed E-state index contributed by atoms with van der Waals surface area (Å²) in [6, 6.07) is 12.6. The molecule has 0 aromatic heterocycles. The van der Waals surface area contributed by atoms with Crippen LogP contribution in [0.2, 0.25) is 0 Å². The summed E-state index contributed by atoms with van der Waals surface area (Å²) in [6.07, 6.45) is 0. The molecule has 2 rings (SSSR count). The molecule has 0 saturated heterocycles. The molecule has 0 amide bonds. The van der Waals surface area contributed by atoms with Crippen LogP contribution >= 0.6 is 0 Å². The molecule has 20 heavy (non-hydrogen) atoms. The molecule has 3 heteroatoms. The number of hydrogen-bond acceptors (Lipinski definition) is 2. The van der Waals surface area contributed by atoms with E-state index in [2.05, 4.69) is 5.32 Å². The maximum atomic E-state index is 14.1. The first-order valence-electron chi connectivity index (χ1n) is 6.88. The van der Waals surface area contributed by atoms with E-state index in [1.54, 1.807) is 12.1 Å².